The fraction of sp³-hybridized carbons (Fsp3) is 0. The molecule has 0 radical (unpaired) electrons. The fourth-order valence-electron chi connectivity index (χ4n) is 8.02. The summed E-state index contributed by atoms with van der Waals surface area (Å²) in [4.78, 5) is 0. The third-order valence-corrected chi connectivity index (χ3v) is 10.1. The maximum Gasteiger partial charge on any atom is 0.0645 e. The molecule has 0 spiro atoms. The van der Waals surface area contributed by atoms with E-state index in [1.54, 1.807) is 4.57 Å². The highest BCUT2D eigenvalue weighted by Crippen LogP contribution is 2.42. The van der Waals surface area contributed by atoms with E-state index in [-0.39, 0.29) is 16.8 Å². The molecule has 0 atom stereocenters. The van der Waals surface area contributed by atoms with Crippen molar-refractivity contribution in [3.05, 3.63) is 188 Å². The fourth-order valence-corrected chi connectivity index (χ4v) is 8.02. The maximum atomic E-state index is 9.29. The number of para-hydroxylation sites is 5. The minimum Gasteiger partial charge on any atom is -0.309 e. The van der Waals surface area contributed by atoms with E-state index in [9.17, 15) is 1.37 Å². The number of hydrogen-bond acceptors (Lipinski definition) is 0. The summed E-state index contributed by atoms with van der Waals surface area (Å²) >= 11 is 0. The van der Waals surface area contributed by atoms with Crippen LogP contribution in [0.25, 0.3) is 93.6 Å². The smallest absolute Gasteiger partial charge is 0.0645 e. The quantitative estimate of drug-likeness (QED) is 0.179. The monoisotopic (exact) mass is 658 g/mol. The standard InChI is InChI=1S/C48H31N3/c1-2-15-32(16-3-1)34-17-4-9-22-40(34)50-43-25-12-7-20-37(43)39-31-33(29-30-45(39)50)49-44-26-13-8-21-38(44)48-46(49)27-14-28-47(48)51-41-23-10-5-18-35(41)36-19-6-11-24-42(36)51/h1-31H/i1D,2D,3D,4D,9D,15D,16D,17D,22D. The Bertz CT molecular complexity index is 3590. The molecule has 0 aliphatic rings. The Labute approximate surface area is 307 Å². The molecule has 0 bridgehead atoms. The second kappa shape index (κ2) is 10.8. The van der Waals surface area contributed by atoms with Gasteiger partial charge >= 0.3 is 0 Å². The molecule has 0 amide bonds. The summed E-state index contributed by atoms with van der Waals surface area (Å²) < 4.78 is 84.9. The molecule has 0 fully saturated rings. The largest absolute Gasteiger partial charge is 0.309 e. The van der Waals surface area contributed by atoms with E-state index in [1.165, 1.54) is 10.8 Å². The van der Waals surface area contributed by atoms with Crippen molar-refractivity contribution < 1.29 is 12.3 Å². The molecule has 0 aliphatic heterocycles. The van der Waals surface area contributed by atoms with Crippen molar-refractivity contribution in [3.63, 3.8) is 0 Å². The molecule has 0 saturated carbocycles. The van der Waals surface area contributed by atoms with E-state index in [4.69, 9.17) is 11.0 Å². The van der Waals surface area contributed by atoms with Crippen LogP contribution in [-0.2, 0) is 0 Å². The van der Waals surface area contributed by atoms with Crippen molar-refractivity contribution >= 4 is 65.4 Å². The van der Waals surface area contributed by atoms with Gasteiger partial charge in [-0.05, 0) is 66.2 Å². The van der Waals surface area contributed by atoms with Gasteiger partial charge in [-0.2, -0.15) is 0 Å². The van der Waals surface area contributed by atoms with Gasteiger partial charge in [-0.1, -0.05) is 127 Å². The zero-order chi connectivity index (χ0) is 41.3. The normalized spacial score (nSPS) is 14.4. The zero-order valence-corrected chi connectivity index (χ0v) is 27.0. The van der Waals surface area contributed by atoms with Gasteiger partial charge in [0.1, 0.15) is 0 Å². The third-order valence-electron chi connectivity index (χ3n) is 10.1. The number of rotatable bonds is 4. The zero-order valence-electron chi connectivity index (χ0n) is 36.0. The van der Waals surface area contributed by atoms with Gasteiger partial charge in [-0.15, -0.1) is 0 Å². The van der Waals surface area contributed by atoms with Gasteiger partial charge in [0.05, 0.1) is 56.8 Å². The van der Waals surface area contributed by atoms with Crippen LogP contribution in [0.2, 0.25) is 0 Å². The van der Waals surface area contributed by atoms with Crippen molar-refractivity contribution in [1.82, 2.24) is 13.7 Å². The Hall–Kier alpha value is -6.84. The predicted molar refractivity (Wildman–Crippen MR) is 215 cm³/mol. The van der Waals surface area contributed by atoms with Crippen LogP contribution in [0, 0.1) is 0 Å². The van der Waals surface area contributed by atoms with Crippen LogP contribution < -0.4 is 0 Å². The minimum absolute atomic E-state index is 0.00818. The van der Waals surface area contributed by atoms with Gasteiger partial charge in [0.2, 0.25) is 0 Å². The first-order chi connectivity index (χ1) is 29.1. The molecule has 51 heavy (non-hydrogen) atoms. The topological polar surface area (TPSA) is 14.8 Å². The first-order valence-corrected chi connectivity index (χ1v) is 16.8. The van der Waals surface area contributed by atoms with Crippen LogP contribution >= 0.6 is 0 Å². The van der Waals surface area contributed by atoms with E-state index in [0.29, 0.717) is 11.0 Å². The molecular weight excluding hydrogens is 619 g/mol. The summed E-state index contributed by atoms with van der Waals surface area (Å²) in [6.07, 6.45) is 0. The van der Waals surface area contributed by atoms with Crippen LogP contribution in [0.4, 0.5) is 0 Å². The summed E-state index contributed by atoms with van der Waals surface area (Å²) in [5.41, 5.74) is 6.91. The summed E-state index contributed by atoms with van der Waals surface area (Å²) in [5, 5.41) is 6.12. The molecule has 11 rings (SSSR count). The summed E-state index contributed by atoms with van der Waals surface area (Å²) in [6, 6.07) is 40.4. The Morgan fingerprint density at radius 1 is 0.353 bits per heavy atom. The van der Waals surface area contributed by atoms with Gasteiger partial charge < -0.3 is 13.7 Å². The molecule has 3 aromatic heterocycles. The summed E-state index contributed by atoms with van der Waals surface area (Å²) in [7, 11) is 0. The molecule has 0 saturated heterocycles. The Morgan fingerprint density at radius 3 is 1.55 bits per heavy atom. The number of hydrogen-bond donors (Lipinski definition) is 0. The van der Waals surface area contributed by atoms with Gasteiger partial charge in [0, 0.05) is 43.6 Å². The molecule has 11 aromatic rings. The van der Waals surface area contributed by atoms with E-state index in [1.807, 2.05) is 42.5 Å². The van der Waals surface area contributed by atoms with Crippen LogP contribution in [0.15, 0.2) is 188 Å². The van der Waals surface area contributed by atoms with E-state index >= 15 is 0 Å². The Morgan fingerprint density at radius 2 is 0.863 bits per heavy atom. The van der Waals surface area contributed by atoms with Gasteiger partial charge in [-0.3, -0.25) is 0 Å². The van der Waals surface area contributed by atoms with Gasteiger partial charge in [0.15, 0.2) is 0 Å². The third kappa shape index (κ3) is 4.00. The van der Waals surface area contributed by atoms with E-state index in [0.717, 1.165) is 55.0 Å². The molecule has 238 valence electrons. The van der Waals surface area contributed by atoms with Gasteiger partial charge in [-0.25, -0.2) is 0 Å². The highest BCUT2D eigenvalue weighted by atomic mass is 15.0. The first kappa shape index (κ1) is 20.6. The lowest BCUT2D eigenvalue weighted by molar-refractivity contribution is 1.16. The van der Waals surface area contributed by atoms with E-state index < -0.39 is 54.4 Å². The lowest BCUT2D eigenvalue weighted by Gasteiger charge is -2.14. The van der Waals surface area contributed by atoms with Gasteiger partial charge in [0.25, 0.3) is 0 Å². The molecule has 3 nitrogen and oxygen atoms in total. The lowest BCUT2D eigenvalue weighted by atomic mass is 10.0. The van der Waals surface area contributed by atoms with Crippen molar-refractivity contribution in [2.45, 2.75) is 0 Å². The van der Waals surface area contributed by atoms with Crippen molar-refractivity contribution in [2.24, 2.45) is 0 Å². The molecule has 0 N–H and O–H groups in total. The average molecular weight is 659 g/mol. The Balaban J connectivity index is 1.22. The molecule has 0 unspecified atom stereocenters. The highest BCUT2D eigenvalue weighted by Gasteiger charge is 2.21. The second-order valence-corrected chi connectivity index (χ2v) is 12.7. The molecule has 3 heteroatoms. The number of aromatic nitrogens is 3. The molecule has 0 aliphatic carbocycles. The number of benzene rings is 8. The predicted octanol–water partition coefficient (Wildman–Crippen LogP) is 12.6. The van der Waals surface area contributed by atoms with Crippen LogP contribution in [0.1, 0.15) is 12.3 Å². The van der Waals surface area contributed by atoms with Crippen molar-refractivity contribution in [1.29, 1.82) is 0 Å². The first-order valence-electron chi connectivity index (χ1n) is 21.3. The number of nitrogens with zero attached hydrogens (tertiary/aromatic N) is 3. The SMILES string of the molecule is [2H]c1c([2H])c([2H])c(-c2c([2H])c([2H])c([2H])c([2H])c2-n2c3ccccc3c3cc(-n4c5ccccc5c5c(-n6c7ccccc7c7ccccc76)cccc54)ccc32)c([2H])c1[2H]. The highest BCUT2D eigenvalue weighted by molar-refractivity contribution is 6.17. The molecular formula is C48H31N3. The van der Waals surface area contributed by atoms with Crippen LogP contribution in [0.5, 0.6) is 0 Å². The minimum atomic E-state index is -0.594. The summed E-state index contributed by atoms with van der Waals surface area (Å²) in [6.45, 7) is 0. The number of fused-ring (bicyclic) bond motifs is 9. The average Bonchev–Trinajstić information content (AvgIpc) is 3.92. The van der Waals surface area contributed by atoms with Crippen molar-refractivity contribution in [3.8, 4) is 28.2 Å². The van der Waals surface area contributed by atoms with Crippen LogP contribution in [0.3, 0.4) is 0 Å². The maximum absolute atomic E-state index is 9.29. The van der Waals surface area contributed by atoms with E-state index in [2.05, 4.69) is 100 Å². The molecule has 3 heterocycles. The lowest BCUT2D eigenvalue weighted by Crippen LogP contribution is -1.98. The summed E-state index contributed by atoms with van der Waals surface area (Å²) in [5.74, 6) is 0. The molecule has 8 aromatic carbocycles. The Kier molecular flexibility index (Phi) is 4.38. The van der Waals surface area contributed by atoms with Crippen molar-refractivity contribution in [2.75, 3.05) is 0 Å². The van der Waals surface area contributed by atoms with Crippen LogP contribution in [-0.4, -0.2) is 13.7 Å². The second-order valence-electron chi connectivity index (χ2n) is 12.7.